The molecule has 0 radical (unpaired) electrons. The van der Waals surface area contributed by atoms with Crippen molar-refractivity contribution in [3.05, 3.63) is 65.7 Å². The highest BCUT2D eigenvalue weighted by Gasteiger charge is 2.50. The van der Waals surface area contributed by atoms with Gasteiger partial charge in [-0.15, -0.1) is 0 Å². The van der Waals surface area contributed by atoms with Gasteiger partial charge in [-0.25, -0.2) is 0 Å². The van der Waals surface area contributed by atoms with Crippen LogP contribution in [0.25, 0.3) is 0 Å². The van der Waals surface area contributed by atoms with Crippen LogP contribution in [-0.2, 0) is 30.3 Å². The van der Waals surface area contributed by atoms with Gasteiger partial charge in [0.2, 0.25) is 0 Å². The minimum atomic E-state index is -0.996. The first kappa shape index (κ1) is 26.1. The van der Waals surface area contributed by atoms with E-state index in [1.54, 1.807) is 7.11 Å². The van der Waals surface area contributed by atoms with E-state index in [9.17, 15) is 5.11 Å². The second kappa shape index (κ2) is 11.8. The number of fused-ring (bicyclic) bond motifs is 1. The molecule has 2 saturated heterocycles. The molecule has 0 spiro atoms. The number of benzene rings is 2. The third-order valence-electron chi connectivity index (χ3n) is 6.33. The standard InChI is InChI=1S/C28H38O7/c1-28(2,3)15-8-16-31-25-23(29)27(32-17-19-9-6-5-7-10-19)34-22-18-33-26(35-24(22)25)20-11-13-21(30-4)14-12-20/h5-7,9-14,22-27,29H,8,15-18H2,1-4H3/t22-,23-,24-,25-,26-,27+/m1/s1. The summed E-state index contributed by atoms with van der Waals surface area (Å²) < 4.78 is 35.9. The zero-order valence-electron chi connectivity index (χ0n) is 21.1. The van der Waals surface area contributed by atoms with Gasteiger partial charge >= 0.3 is 0 Å². The average molecular weight is 487 g/mol. The molecule has 2 aliphatic heterocycles. The highest BCUT2D eigenvalue weighted by atomic mass is 16.8. The van der Waals surface area contributed by atoms with Crippen molar-refractivity contribution in [1.29, 1.82) is 0 Å². The summed E-state index contributed by atoms with van der Waals surface area (Å²) in [6, 6.07) is 17.4. The molecule has 1 N–H and O–H groups in total. The van der Waals surface area contributed by atoms with Crippen molar-refractivity contribution in [1.82, 2.24) is 0 Å². The van der Waals surface area contributed by atoms with Crippen molar-refractivity contribution in [3.63, 3.8) is 0 Å². The van der Waals surface area contributed by atoms with E-state index in [2.05, 4.69) is 20.8 Å². The molecule has 0 aliphatic carbocycles. The number of aliphatic hydroxyl groups excluding tert-OH is 1. The molecule has 2 aromatic rings. The fourth-order valence-corrected chi connectivity index (χ4v) is 4.40. The average Bonchev–Trinajstić information content (AvgIpc) is 2.86. The molecule has 192 valence electrons. The summed E-state index contributed by atoms with van der Waals surface area (Å²) in [6.07, 6.45) is -2.01. The number of aliphatic hydroxyl groups is 1. The van der Waals surface area contributed by atoms with Gasteiger partial charge in [0, 0.05) is 12.2 Å². The lowest BCUT2D eigenvalue weighted by molar-refractivity contribution is -0.367. The quantitative estimate of drug-likeness (QED) is 0.518. The summed E-state index contributed by atoms with van der Waals surface area (Å²) in [4.78, 5) is 0. The topological polar surface area (TPSA) is 75.6 Å². The monoisotopic (exact) mass is 486 g/mol. The van der Waals surface area contributed by atoms with E-state index in [1.165, 1.54) is 0 Å². The van der Waals surface area contributed by atoms with Crippen molar-refractivity contribution in [2.45, 2.75) is 77.2 Å². The number of hydrogen-bond donors (Lipinski definition) is 1. The van der Waals surface area contributed by atoms with Gasteiger partial charge in [0.25, 0.3) is 0 Å². The Kier molecular flexibility index (Phi) is 8.81. The summed E-state index contributed by atoms with van der Waals surface area (Å²) >= 11 is 0. The molecular formula is C28H38O7. The molecule has 0 bridgehead atoms. The van der Waals surface area contributed by atoms with Crippen LogP contribution in [0.2, 0.25) is 0 Å². The number of rotatable bonds is 9. The van der Waals surface area contributed by atoms with E-state index in [-0.39, 0.29) is 5.41 Å². The number of hydrogen-bond acceptors (Lipinski definition) is 7. The Morgan fingerprint density at radius 2 is 1.71 bits per heavy atom. The van der Waals surface area contributed by atoms with Gasteiger partial charge in [-0.2, -0.15) is 0 Å². The highest BCUT2D eigenvalue weighted by molar-refractivity contribution is 5.28. The molecule has 6 atom stereocenters. The Morgan fingerprint density at radius 1 is 0.971 bits per heavy atom. The van der Waals surface area contributed by atoms with E-state index in [1.807, 2.05) is 54.6 Å². The van der Waals surface area contributed by atoms with Crippen molar-refractivity contribution < 1.29 is 33.5 Å². The molecule has 0 aromatic heterocycles. The van der Waals surface area contributed by atoms with Gasteiger partial charge in [0.05, 0.1) is 20.3 Å². The fraction of sp³-hybridized carbons (Fsp3) is 0.571. The third-order valence-corrected chi connectivity index (χ3v) is 6.33. The normalized spacial score (nSPS) is 28.9. The minimum Gasteiger partial charge on any atom is -0.497 e. The van der Waals surface area contributed by atoms with Crippen molar-refractivity contribution in [3.8, 4) is 5.75 Å². The van der Waals surface area contributed by atoms with E-state index in [4.69, 9.17) is 28.4 Å². The van der Waals surface area contributed by atoms with E-state index in [0.717, 1.165) is 29.7 Å². The largest absolute Gasteiger partial charge is 0.497 e. The Bertz CT molecular complexity index is 896. The van der Waals surface area contributed by atoms with Gasteiger partial charge < -0.3 is 33.5 Å². The first-order valence-electron chi connectivity index (χ1n) is 12.4. The Hall–Kier alpha value is -2.00. The lowest BCUT2D eigenvalue weighted by Crippen LogP contribution is -2.63. The fourth-order valence-electron chi connectivity index (χ4n) is 4.40. The SMILES string of the molecule is COc1ccc([C@@H]2OC[C@H]3O[C@H](OCc4ccccc4)[C@H](O)[C@@H](OCCCC(C)(C)C)[C@@H]3O2)cc1. The molecular weight excluding hydrogens is 448 g/mol. The smallest absolute Gasteiger partial charge is 0.187 e. The predicted molar refractivity (Wildman–Crippen MR) is 131 cm³/mol. The molecule has 35 heavy (non-hydrogen) atoms. The first-order chi connectivity index (χ1) is 16.8. The van der Waals surface area contributed by atoms with E-state index in [0.29, 0.717) is 19.8 Å². The summed E-state index contributed by atoms with van der Waals surface area (Å²) in [5.74, 6) is 0.761. The molecule has 0 unspecified atom stereocenters. The molecule has 2 fully saturated rings. The van der Waals surface area contributed by atoms with Crippen molar-refractivity contribution in [2.24, 2.45) is 5.41 Å². The van der Waals surface area contributed by atoms with Gasteiger partial charge in [0.1, 0.15) is 30.2 Å². The molecule has 2 aliphatic rings. The summed E-state index contributed by atoms with van der Waals surface area (Å²) in [6.45, 7) is 7.78. The van der Waals surface area contributed by atoms with Gasteiger partial charge in [0.15, 0.2) is 12.6 Å². The summed E-state index contributed by atoms with van der Waals surface area (Å²) in [5, 5.41) is 11.2. The summed E-state index contributed by atoms with van der Waals surface area (Å²) in [7, 11) is 1.63. The maximum atomic E-state index is 11.2. The highest BCUT2D eigenvalue weighted by Crippen LogP contribution is 2.36. The van der Waals surface area contributed by atoms with Gasteiger partial charge in [-0.3, -0.25) is 0 Å². The van der Waals surface area contributed by atoms with Gasteiger partial charge in [-0.05, 0) is 36.0 Å². The Balaban J connectivity index is 1.45. The maximum absolute atomic E-state index is 11.2. The van der Waals surface area contributed by atoms with Crippen LogP contribution in [0.5, 0.6) is 5.75 Å². The molecule has 7 nitrogen and oxygen atoms in total. The second-order valence-electron chi connectivity index (χ2n) is 10.4. The van der Waals surface area contributed by atoms with Gasteiger partial charge in [-0.1, -0.05) is 63.2 Å². The molecule has 4 rings (SSSR count). The summed E-state index contributed by atoms with van der Waals surface area (Å²) in [5.41, 5.74) is 2.09. The molecule has 7 heteroatoms. The molecule has 0 saturated carbocycles. The van der Waals surface area contributed by atoms with Crippen LogP contribution in [0.15, 0.2) is 54.6 Å². The molecule has 0 amide bonds. The van der Waals surface area contributed by atoms with Crippen molar-refractivity contribution in [2.75, 3.05) is 20.3 Å². The zero-order valence-corrected chi connectivity index (χ0v) is 21.1. The number of methoxy groups -OCH3 is 1. The van der Waals surface area contributed by atoms with Crippen LogP contribution >= 0.6 is 0 Å². The van der Waals surface area contributed by atoms with Crippen LogP contribution in [0.4, 0.5) is 0 Å². The van der Waals surface area contributed by atoms with Crippen LogP contribution in [0.3, 0.4) is 0 Å². The third kappa shape index (κ3) is 7.03. The van der Waals surface area contributed by atoms with Crippen LogP contribution in [-0.4, -0.2) is 56.1 Å². The van der Waals surface area contributed by atoms with E-state index < -0.39 is 37.0 Å². The first-order valence-corrected chi connectivity index (χ1v) is 12.4. The predicted octanol–water partition coefficient (Wildman–Crippen LogP) is 4.62. The van der Waals surface area contributed by atoms with Crippen LogP contribution < -0.4 is 4.74 Å². The van der Waals surface area contributed by atoms with Crippen LogP contribution in [0.1, 0.15) is 51.0 Å². The minimum absolute atomic E-state index is 0.218. The lowest BCUT2D eigenvalue weighted by atomic mass is 9.91. The zero-order chi connectivity index (χ0) is 24.8. The Labute approximate surface area is 208 Å². The Morgan fingerprint density at radius 3 is 2.40 bits per heavy atom. The molecule has 2 aromatic carbocycles. The molecule has 2 heterocycles. The number of ether oxygens (including phenoxy) is 6. The van der Waals surface area contributed by atoms with Crippen molar-refractivity contribution >= 4 is 0 Å². The van der Waals surface area contributed by atoms with E-state index >= 15 is 0 Å². The second-order valence-corrected chi connectivity index (χ2v) is 10.4. The lowest BCUT2D eigenvalue weighted by Gasteiger charge is -2.47. The maximum Gasteiger partial charge on any atom is 0.187 e. The van der Waals surface area contributed by atoms with Crippen LogP contribution in [0, 0.1) is 5.41 Å².